The number of piperidine rings is 1. The van der Waals surface area contributed by atoms with Crippen molar-refractivity contribution in [3.8, 4) is 28.5 Å². The molecule has 2 aliphatic heterocycles. The number of ether oxygens (including phenoxy) is 4. The smallest absolute Gasteiger partial charge is 0.410 e. The largest absolute Gasteiger partial charge is 0.496 e. The summed E-state index contributed by atoms with van der Waals surface area (Å²) in [5.41, 5.74) is 1.48. The number of alkyl halides is 2. The molecule has 0 atom stereocenters. The van der Waals surface area contributed by atoms with E-state index in [4.69, 9.17) is 18.9 Å². The summed E-state index contributed by atoms with van der Waals surface area (Å²) in [5, 5.41) is 0. The fourth-order valence-corrected chi connectivity index (χ4v) is 6.03. The van der Waals surface area contributed by atoms with Crippen molar-refractivity contribution in [2.75, 3.05) is 46.9 Å². The van der Waals surface area contributed by atoms with Crippen LogP contribution in [0, 0.1) is 5.92 Å². The minimum Gasteiger partial charge on any atom is -0.496 e. The first kappa shape index (κ1) is 29.2. The maximum Gasteiger partial charge on any atom is 0.410 e. The van der Waals surface area contributed by atoms with E-state index in [1.165, 1.54) is 13.2 Å². The number of methoxy groups -OCH3 is 1. The lowest BCUT2D eigenvalue weighted by molar-refractivity contribution is -0.0502. The van der Waals surface area contributed by atoms with Gasteiger partial charge in [-0.2, -0.15) is 8.78 Å². The van der Waals surface area contributed by atoms with Crippen LogP contribution >= 0.6 is 0 Å². The number of benzene rings is 1. The quantitative estimate of drug-likeness (QED) is 0.205. The van der Waals surface area contributed by atoms with Gasteiger partial charge in [0.25, 0.3) is 0 Å². The van der Waals surface area contributed by atoms with E-state index in [1.807, 2.05) is 22.7 Å². The van der Waals surface area contributed by atoms with Crippen molar-refractivity contribution < 1.29 is 37.3 Å². The number of imidazole rings is 1. The number of Topliss-reactive ketones (excluding diaryl/α,β-unsaturated/α-hetero) is 1. The Morgan fingerprint density at radius 1 is 1.19 bits per heavy atom. The van der Waals surface area contributed by atoms with Crippen molar-refractivity contribution in [1.29, 1.82) is 0 Å². The lowest BCUT2D eigenvalue weighted by Crippen LogP contribution is -2.47. The minimum absolute atomic E-state index is 0.0431. The molecule has 0 unspecified atom stereocenters. The van der Waals surface area contributed by atoms with Crippen molar-refractivity contribution in [2.24, 2.45) is 5.92 Å². The molecule has 2 aromatic heterocycles. The number of likely N-dealkylation sites (tertiary alicyclic amines) is 1. The third-order valence-electron chi connectivity index (χ3n) is 8.53. The molecule has 10 nitrogen and oxygen atoms in total. The Bertz CT molecular complexity index is 1500. The zero-order chi connectivity index (χ0) is 30.1. The third kappa shape index (κ3) is 6.39. The van der Waals surface area contributed by atoms with Crippen LogP contribution in [-0.4, -0.2) is 90.2 Å². The molecule has 2 saturated heterocycles. The maximum atomic E-state index is 13.3. The topological polar surface area (TPSA) is 94.8 Å². The van der Waals surface area contributed by atoms with Gasteiger partial charge in [0, 0.05) is 63.8 Å². The van der Waals surface area contributed by atoms with Gasteiger partial charge in [-0.25, -0.2) is 9.78 Å². The standard InChI is InChI=1S/C31H36F2N4O6/c1-35-19-31(43-30(35)39)7-11-36(12-8-31)9-3-13-41-22-6-10-37-23(18-34-27(37)17-22)21-15-25(40-2)28(24(38)14-20-4-5-20)26(16-21)42-29(32)33/h6,10,15-18,20,29H,3-5,7-9,11-14,19H2,1-2H3. The fourth-order valence-electron chi connectivity index (χ4n) is 6.03. The van der Waals surface area contributed by atoms with Crippen LogP contribution in [0.15, 0.2) is 36.7 Å². The number of fused-ring (bicyclic) bond motifs is 1. The lowest BCUT2D eigenvalue weighted by atomic mass is 9.91. The van der Waals surface area contributed by atoms with Crippen molar-refractivity contribution in [3.05, 3.63) is 42.2 Å². The van der Waals surface area contributed by atoms with Gasteiger partial charge < -0.3 is 28.7 Å². The molecular weight excluding hydrogens is 562 g/mol. The number of carbonyl (C=O) groups excluding carboxylic acids is 2. The van der Waals surface area contributed by atoms with Crippen LogP contribution in [-0.2, 0) is 4.74 Å². The highest BCUT2D eigenvalue weighted by molar-refractivity contribution is 6.02. The molecule has 1 spiro atoms. The first-order valence-corrected chi connectivity index (χ1v) is 14.7. The summed E-state index contributed by atoms with van der Waals surface area (Å²) in [6.07, 6.45) is 7.93. The number of nitrogens with zero attached hydrogens (tertiary/aromatic N) is 4. The van der Waals surface area contributed by atoms with E-state index >= 15 is 0 Å². The molecule has 3 aliphatic rings. The number of rotatable bonds is 12. The summed E-state index contributed by atoms with van der Waals surface area (Å²) in [5.74, 6) is 0.673. The van der Waals surface area contributed by atoms with Crippen LogP contribution in [0.3, 0.4) is 0 Å². The Balaban J connectivity index is 1.09. The zero-order valence-electron chi connectivity index (χ0n) is 24.4. The van der Waals surface area contributed by atoms with Gasteiger partial charge in [-0.15, -0.1) is 0 Å². The van der Waals surface area contributed by atoms with E-state index < -0.39 is 6.61 Å². The predicted octanol–water partition coefficient (Wildman–Crippen LogP) is 5.28. The van der Waals surface area contributed by atoms with E-state index in [-0.39, 0.29) is 46.9 Å². The molecule has 0 bridgehead atoms. The average Bonchev–Trinajstić information content (AvgIpc) is 3.62. The first-order valence-electron chi connectivity index (χ1n) is 14.7. The van der Waals surface area contributed by atoms with E-state index in [9.17, 15) is 18.4 Å². The highest BCUT2D eigenvalue weighted by atomic mass is 19.3. The highest BCUT2D eigenvalue weighted by Gasteiger charge is 2.45. The Morgan fingerprint density at radius 2 is 1.95 bits per heavy atom. The zero-order valence-corrected chi connectivity index (χ0v) is 24.4. The van der Waals surface area contributed by atoms with E-state index in [2.05, 4.69) is 9.88 Å². The van der Waals surface area contributed by atoms with E-state index in [0.717, 1.165) is 51.7 Å². The number of pyridine rings is 1. The first-order chi connectivity index (χ1) is 20.7. The Hall–Kier alpha value is -3.93. The molecule has 1 saturated carbocycles. The molecule has 4 heterocycles. The molecule has 12 heteroatoms. The number of ketones is 1. The number of likely N-dealkylation sites (N-methyl/N-ethyl adjacent to an activating group) is 1. The molecule has 230 valence electrons. The van der Waals surface area contributed by atoms with Crippen LogP contribution in [0.2, 0.25) is 0 Å². The van der Waals surface area contributed by atoms with Gasteiger partial charge >= 0.3 is 12.7 Å². The number of aromatic nitrogens is 2. The monoisotopic (exact) mass is 598 g/mol. The number of amides is 1. The van der Waals surface area contributed by atoms with Gasteiger partial charge in [-0.05, 0) is 43.4 Å². The molecule has 3 fully saturated rings. The van der Waals surface area contributed by atoms with Crippen molar-refractivity contribution in [3.63, 3.8) is 0 Å². The highest BCUT2D eigenvalue weighted by Crippen LogP contribution is 2.40. The summed E-state index contributed by atoms with van der Waals surface area (Å²) in [6.45, 7) is 0.757. The summed E-state index contributed by atoms with van der Waals surface area (Å²) < 4.78 is 50.4. The number of hydrogen-bond donors (Lipinski definition) is 0. The lowest BCUT2D eigenvalue weighted by Gasteiger charge is -2.37. The summed E-state index contributed by atoms with van der Waals surface area (Å²) in [6, 6.07) is 6.75. The Labute approximate surface area is 248 Å². The number of carbonyl (C=O) groups is 2. The third-order valence-corrected chi connectivity index (χ3v) is 8.53. The molecule has 6 rings (SSSR count). The number of halogens is 2. The molecule has 1 aliphatic carbocycles. The molecule has 1 aromatic carbocycles. The second kappa shape index (κ2) is 12.0. The second-order valence-electron chi connectivity index (χ2n) is 11.7. The van der Waals surface area contributed by atoms with Gasteiger partial charge in [-0.1, -0.05) is 0 Å². The van der Waals surface area contributed by atoms with Crippen molar-refractivity contribution in [2.45, 2.75) is 50.7 Å². The van der Waals surface area contributed by atoms with Crippen molar-refractivity contribution in [1.82, 2.24) is 19.2 Å². The Morgan fingerprint density at radius 3 is 2.63 bits per heavy atom. The fraction of sp³-hybridized carbons (Fsp3) is 0.516. The SMILES string of the molecule is COc1cc(-c2cnc3cc(OCCCN4CCC5(CC4)CN(C)C(=O)O5)ccn23)cc(OC(F)F)c1C(=O)CC1CC1. The summed E-state index contributed by atoms with van der Waals surface area (Å²) in [4.78, 5) is 33.2. The van der Waals surface area contributed by atoms with E-state index in [0.29, 0.717) is 35.8 Å². The van der Waals surface area contributed by atoms with Crippen LogP contribution in [0.25, 0.3) is 16.9 Å². The molecule has 0 radical (unpaired) electrons. The van der Waals surface area contributed by atoms with Gasteiger partial charge in [0.15, 0.2) is 5.78 Å². The van der Waals surface area contributed by atoms with E-state index in [1.54, 1.807) is 24.2 Å². The summed E-state index contributed by atoms with van der Waals surface area (Å²) >= 11 is 0. The predicted molar refractivity (Wildman–Crippen MR) is 153 cm³/mol. The second-order valence-corrected chi connectivity index (χ2v) is 11.7. The van der Waals surface area contributed by atoms with Gasteiger partial charge in [0.2, 0.25) is 0 Å². The number of hydrogen-bond acceptors (Lipinski definition) is 8. The normalized spacial score (nSPS) is 18.4. The van der Waals surface area contributed by atoms with Gasteiger partial charge in [-0.3, -0.25) is 9.20 Å². The van der Waals surface area contributed by atoms with Crippen molar-refractivity contribution >= 4 is 17.5 Å². The van der Waals surface area contributed by atoms with Crippen LogP contribution in [0.4, 0.5) is 13.6 Å². The minimum atomic E-state index is -3.09. The van der Waals surface area contributed by atoms with Gasteiger partial charge in [0.1, 0.15) is 34.1 Å². The van der Waals surface area contributed by atoms with Gasteiger partial charge in [0.05, 0.1) is 32.2 Å². The molecule has 0 N–H and O–H groups in total. The van der Waals surface area contributed by atoms with Crippen LogP contribution in [0.5, 0.6) is 17.2 Å². The molecular formula is C31H36F2N4O6. The Kier molecular flexibility index (Phi) is 8.13. The maximum absolute atomic E-state index is 13.3. The molecule has 3 aromatic rings. The van der Waals surface area contributed by atoms with Crippen LogP contribution in [0.1, 0.15) is 48.9 Å². The average molecular weight is 599 g/mol. The van der Waals surface area contributed by atoms with Crippen LogP contribution < -0.4 is 14.2 Å². The molecule has 43 heavy (non-hydrogen) atoms. The summed E-state index contributed by atoms with van der Waals surface area (Å²) in [7, 11) is 3.18. The molecule has 1 amide bonds.